The summed E-state index contributed by atoms with van der Waals surface area (Å²) in [7, 11) is 0. The minimum atomic E-state index is -1.08. The molecule has 118 valence electrons. The first kappa shape index (κ1) is 20.5. The Morgan fingerprint density at radius 2 is 1.00 bits per heavy atom. The number of carboxylic acids is 2. The average Bonchev–Trinajstić information content (AvgIpc) is 2.08. The fourth-order valence-electron chi connectivity index (χ4n) is 0.735. The van der Waals surface area contributed by atoms with Crippen molar-refractivity contribution in [2.45, 2.75) is 65.6 Å². The topological polar surface area (TPSA) is 110 Å². The number of carbonyl (C=O) groups is 3. The highest BCUT2D eigenvalue weighted by Crippen LogP contribution is 2.13. The van der Waals surface area contributed by atoms with E-state index >= 15 is 0 Å². The van der Waals surface area contributed by atoms with Gasteiger partial charge >= 0.3 is 18.1 Å². The number of carbonyl (C=O) groups excluding carboxylic acids is 1. The zero-order valence-electron chi connectivity index (χ0n) is 12.8. The minimum absolute atomic E-state index is 0.296. The fourth-order valence-corrected chi connectivity index (χ4v) is 0.735. The number of aliphatic carboxylic acids is 2. The third-order valence-electron chi connectivity index (χ3n) is 1.33. The molecule has 0 atom stereocenters. The summed E-state index contributed by atoms with van der Waals surface area (Å²) in [6, 6.07) is 0. The van der Waals surface area contributed by atoms with Crippen LogP contribution in [0.25, 0.3) is 0 Å². The van der Waals surface area contributed by atoms with Gasteiger partial charge < -0.3 is 19.7 Å². The van der Waals surface area contributed by atoms with Gasteiger partial charge in [0.2, 0.25) is 0 Å². The lowest BCUT2D eigenvalue weighted by Crippen LogP contribution is -2.30. The molecule has 0 unspecified atom stereocenters. The SMILES string of the molecule is CC(C)(C)OC(=O)OC(C)(C)C.O=C(O)CCC(=O)O. The van der Waals surface area contributed by atoms with E-state index in [0.29, 0.717) is 0 Å². The van der Waals surface area contributed by atoms with E-state index in [2.05, 4.69) is 0 Å². The predicted octanol–water partition coefficient (Wildman–Crippen LogP) is 2.67. The molecule has 0 rings (SSSR count). The molecular weight excluding hydrogens is 268 g/mol. The minimum Gasteiger partial charge on any atom is -0.481 e. The van der Waals surface area contributed by atoms with Crippen LogP contribution in [0.5, 0.6) is 0 Å². The molecule has 0 saturated heterocycles. The molecule has 0 aromatic carbocycles. The lowest BCUT2D eigenvalue weighted by Gasteiger charge is -2.24. The Balaban J connectivity index is 0. The van der Waals surface area contributed by atoms with E-state index in [1.165, 1.54) is 0 Å². The van der Waals surface area contributed by atoms with E-state index in [1.54, 1.807) is 41.5 Å². The molecule has 7 heteroatoms. The van der Waals surface area contributed by atoms with Crippen molar-refractivity contribution in [1.82, 2.24) is 0 Å². The Labute approximate surface area is 118 Å². The van der Waals surface area contributed by atoms with Crippen molar-refractivity contribution in [3.63, 3.8) is 0 Å². The molecule has 0 bridgehead atoms. The summed E-state index contributed by atoms with van der Waals surface area (Å²) in [5.41, 5.74) is -0.968. The van der Waals surface area contributed by atoms with Crippen molar-refractivity contribution < 1.29 is 34.1 Å². The molecule has 0 heterocycles. The van der Waals surface area contributed by atoms with Crippen molar-refractivity contribution >= 4 is 18.1 Å². The fraction of sp³-hybridized carbons (Fsp3) is 0.769. The first-order valence-corrected chi connectivity index (χ1v) is 6.08. The molecule has 0 aliphatic carbocycles. The molecule has 0 radical (unpaired) electrons. The molecule has 0 fully saturated rings. The Kier molecular flexibility index (Phi) is 8.62. The van der Waals surface area contributed by atoms with Crippen molar-refractivity contribution in [2.75, 3.05) is 0 Å². The van der Waals surface area contributed by atoms with Gasteiger partial charge in [-0.05, 0) is 41.5 Å². The van der Waals surface area contributed by atoms with Crippen LogP contribution in [0, 0.1) is 0 Å². The lowest BCUT2D eigenvalue weighted by molar-refractivity contribution is -0.143. The molecule has 0 spiro atoms. The molecule has 0 aromatic heterocycles. The maximum Gasteiger partial charge on any atom is 0.509 e. The largest absolute Gasteiger partial charge is 0.509 e. The summed E-state index contributed by atoms with van der Waals surface area (Å²) in [6.45, 7) is 10.8. The Bertz CT molecular complexity index is 302. The second-order valence-corrected chi connectivity index (χ2v) is 5.97. The van der Waals surface area contributed by atoms with E-state index in [4.69, 9.17) is 19.7 Å². The Hall–Kier alpha value is -1.79. The number of rotatable bonds is 3. The van der Waals surface area contributed by atoms with E-state index in [-0.39, 0.29) is 12.8 Å². The summed E-state index contributed by atoms with van der Waals surface area (Å²) in [5, 5.41) is 15.8. The maximum atomic E-state index is 11.0. The van der Waals surface area contributed by atoms with Gasteiger partial charge in [0.25, 0.3) is 0 Å². The molecule has 0 saturated carbocycles. The summed E-state index contributed by atoms with van der Waals surface area (Å²) >= 11 is 0. The lowest BCUT2D eigenvalue weighted by atomic mass is 10.2. The first-order chi connectivity index (χ1) is 8.73. The highest BCUT2D eigenvalue weighted by molar-refractivity contribution is 5.75. The highest BCUT2D eigenvalue weighted by atomic mass is 16.7. The second kappa shape index (κ2) is 8.39. The van der Waals surface area contributed by atoms with Gasteiger partial charge in [-0.3, -0.25) is 9.59 Å². The normalized spacial score (nSPS) is 10.9. The van der Waals surface area contributed by atoms with Crippen LogP contribution < -0.4 is 0 Å². The van der Waals surface area contributed by atoms with Crippen LogP contribution in [-0.4, -0.2) is 39.5 Å². The standard InChI is InChI=1S/C9H18O3.C4H6O4/c1-8(2,3)11-7(10)12-9(4,5)6;5-3(6)1-2-4(7)8/h1-6H3;1-2H2,(H,5,6)(H,7,8). The van der Waals surface area contributed by atoms with Crippen LogP contribution in [0.3, 0.4) is 0 Å². The predicted molar refractivity (Wildman–Crippen MR) is 71.6 cm³/mol. The third kappa shape index (κ3) is 21.5. The number of carboxylic acid groups (broad SMARTS) is 2. The van der Waals surface area contributed by atoms with Gasteiger partial charge in [0.05, 0.1) is 12.8 Å². The van der Waals surface area contributed by atoms with Crippen LogP contribution in [0.2, 0.25) is 0 Å². The van der Waals surface area contributed by atoms with Gasteiger partial charge in [-0.1, -0.05) is 0 Å². The Morgan fingerprint density at radius 3 is 1.15 bits per heavy atom. The summed E-state index contributed by atoms with van der Waals surface area (Å²) in [6.07, 6.45) is -1.21. The number of hydrogen-bond donors (Lipinski definition) is 2. The van der Waals surface area contributed by atoms with Crippen LogP contribution >= 0.6 is 0 Å². The van der Waals surface area contributed by atoms with Crippen LogP contribution in [-0.2, 0) is 19.1 Å². The quantitative estimate of drug-likeness (QED) is 0.769. The van der Waals surface area contributed by atoms with Gasteiger partial charge in [-0.2, -0.15) is 0 Å². The van der Waals surface area contributed by atoms with E-state index in [1.807, 2.05) is 0 Å². The second-order valence-electron chi connectivity index (χ2n) is 5.97. The van der Waals surface area contributed by atoms with E-state index in [9.17, 15) is 14.4 Å². The van der Waals surface area contributed by atoms with E-state index < -0.39 is 29.3 Å². The Morgan fingerprint density at radius 1 is 0.750 bits per heavy atom. The van der Waals surface area contributed by atoms with Gasteiger partial charge in [-0.15, -0.1) is 0 Å². The molecule has 20 heavy (non-hydrogen) atoms. The van der Waals surface area contributed by atoms with Gasteiger partial charge in [0.1, 0.15) is 11.2 Å². The number of hydrogen-bond acceptors (Lipinski definition) is 5. The van der Waals surface area contributed by atoms with Crippen LogP contribution in [0.4, 0.5) is 4.79 Å². The molecule has 7 nitrogen and oxygen atoms in total. The molecular formula is C13H24O7. The summed E-state index contributed by atoms with van der Waals surface area (Å²) < 4.78 is 9.91. The molecule has 0 aliphatic heterocycles. The molecule has 2 N–H and O–H groups in total. The maximum absolute atomic E-state index is 11.0. The van der Waals surface area contributed by atoms with Crippen LogP contribution in [0.1, 0.15) is 54.4 Å². The van der Waals surface area contributed by atoms with Crippen molar-refractivity contribution in [3.8, 4) is 0 Å². The third-order valence-corrected chi connectivity index (χ3v) is 1.33. The van der Waals surface area contributed by atoms with E-state index in [0.717, 1.165) is 0 Å². The highest BCUT2D eigenvalue weighted by Gasteiger charge is 2.22. The zero-order chi connectivity index (χ0) is 16.6. The number of ether oxygens (including phenoxy) is 2. The summed E-state index contributed by atoms with van der Waals surface area (Å²) in [4.78, 5) is 30.3. The van der Waals surface area contributed by atoms with Gasteiger partial charge in [-0.25, -0.2) is 4.79 Å². The van der Waals surface area contributed by atoms with Crippen molar-refractivity contribution in [1.29, 1.82) is 0 Å². The smallest absolute Gasteiger partial charge is 0.481 e. The molecule has 0 aromatic rings. The molecule has 0 amide bonds. The van der Waals surface area contributed by atoms with Crippen molar-refractivity contribution in [2.24, 2.45) is 0 Å². The zero-order valence-corrected chi connectivity index (χ0v) is 12.8. The first-order valence-electron chi connectivity index (χ1n) is 6.08. The summed E-state index contributed by atoms with van der Waals surface area (Å²) in [5.74, 6) is -2.15. The monoisotopic (exact) mass is 292 g/mol. The molecule has 0 aliphatic rings. The average molecular weight is 292 g/mol. The van der Waals surface area contributed by atoms with Crippen molar-refractivity contribution in [3.05, 3.63) is 0 Å². The van der Waals surface area contributed by atoms with Crippen LogP contribution in [0.15, 0.2) is 0 Å². The van der Waals surface area contributed by atoms with Gasteiger partial charge in [0.15, 0.2) is 0 Å². The van der Waals surface area contributed by atoms with Gasteiger partial charge in [0, 0.05) is 0 Å².